The van der Waals surface area contributed by atoms with Crippen LogP contribution in [0.25, 0.3) is 0 Å². The fraction of sp³-hybridized carbons (Fsp3) is 0.286. The Morgan fingerprint density at radius 3 is 2.50 bits per heavy atom. The van der Waals surface area contributed by atoms with Crippen molar-refractivity contribution in [1.29, 1.82) is 0 Å². The second-order valence-corrected chi connectivity index (χ2v) is 9.47. The van der Waals surface area contributed by atoms with Crippen LogP contribution in [0.4, 0.5) is 11.4 Å². The van der Waals surface area contributed by atoms with Gasteiger partial charge < -0.3 is 4.90 Å². The van der Waals surface area contributed by atoms with Gasteiger partial charge >= 0.3 is 0 Å². The predicted molar refractivity (Wildman–Crippen MR) is 126 cm³/mol. The molecule has 2 unspecified atom stereocenters. The summed E-state index contributed by atoms with van der Waals surface area (Å²) in [4.78, 5) is 31.4. The third-order valence-corrected chi connectivity index (χ3v) is 7.53. The Balaban J connectivity index is 1.57. The molecule has 6 rings (SSSR count). The van der Waals surface area contributed by atoms with Crippen molar-refractivity contribution in [3.63, 3.8) is 0 Å². The van der Waals surface area contributed by atoms with Crippen LogP contribution in [-0.4, -0.2) is 18.4 Å². The molecule has 3 aliphatic heterocycles. The number of aryl methyl sites for hydroxylation is 2. The Hall–Kier alpha value is -3.40. The van der Waals surface area contributed by atoms with E-state index in [1.54, 1.807) is 0 Å². The van der Waals surface area contributed by atoms with Crippen molar-refractivity contribution in [2.75, 3.05) is 16.3 Å². The lowest BCUT2D eigenvalue weighted by Crippen LogP contribution is -2.49. The number of hydrogen-bond donors (Lipinski definition) is 0. The highest BCUT2D eigenvalue weighted by atomic mass is 16.2. The van der Waals surface area contributed by atoms with Gasteiger partial charge in [0, 0.05) is 18.7 Å². The zero-order valence-electron chi connectivity index (χ0n) is 18.5. The monoisotopic (exact) mass is 422 g/mol. The van der Waals surface area contributed by atoms with Crippen molar-refractivity contribution in [1.82, 2.24) is 0 Å². The van der Waals surface area contributed by atoms with Crippen LogP contribution >= 0.6 is 0 Å². The van der Waals surface area contributed by atoms with Crippen molar-refractivity contribution < 1.29 is 9.59 Å². The van der Waals surface area contributed by atoms with Crippen molar-refractivity contribution in [3.05, 3.63) is 94.5 Å². The van der Waals surface area contributed by atoms with E-state index in [0.717, 1.165) is 29.8 Å². The Kier molecular flexibility index (Phi) is 4.10. The molecular weight excluding hydrogens is 396 g/mol. The van der Waals surface area contributed by atoms with E-state index in [-0.39, 0.29) is 24.3 Å². The van der Waals surface area contributed by atoms with Crippen LogP contribution in [0.1, 0.15) is 46.7 Å². The summed E-state index contributed by atoms with van der Waals surface area (Å²) in [6, 6.07) is 22.4. The van der Waals surface area contributed by atoms with Gasteiger partial charge in [-0.1, -0.05) is 48.5 Å². The third-order valence-electron chi connectivity index (χ3n) is 7.53. The minimum Gasteiger partial charge on any atom is -0.364 e. The fourth-order valence-corrected chi connectivity index (χ4v) is 6.32. The van der Waals surface area contributed by atoms with Gasteiger partial charge in [0.1, 0.15) is 0 Å². The maximum Gasteiger partial charge on any atom is 0.245 e. The molecule has 0 saturated carbocycles. The Labute approximate surface area is 188 Å². The average Bonchev–Trinajstić information content (AvgIpc) is 3.03. The number of fused-ring (bicyclic) bond motifs is 6. The van der Waals surface area contributed by atoms with Gasteiger partial charge in [-0.05, 0) is 72.7 Å². The van der Waals surface area contributed by atoms with E-state index in [1.807, 2.05) is 30.3 Å². The molecule has 0 radical (unpaired) electrons. The molecule has 3 aromatic carbocycles. The quantitative estimate of drug-likeness (QED) is 0.518. The molecule has 0 aromatic heterocycles. The number of anilines is 2. The summed E-state index contributed by atoms with van der Waals surface area (Å²) in [6.07, 6.45) is 1.86. The molecule has 3 aliphatic rings. The first-order valence-electron chi connectivity index (χ1n) is 11.4. The van der Waals surface area contributed by atoms with Crippen LogP contribution in [0.2, 0.25) is 0 Å². The normalized spacial score (nSPS) is 23.9. The topological polar surface area (TPSA) is 40.6 Å². The Bertz CT molecular complexity index is 1270. The lowest BCUT2D eigenvalue weighted by molar-refractivity contribution is -0.123. The predicted octanol–water partition coefficient (Wildman–Crippen LogP) is 5.01. The summed E-state index contributed by atoms with van der Waals surface area (Å²) in [5.74, 6) is -0.186. The van der Waals surface area contributed by atoms with Gasteiger partial charge in [0.25, 0.3) is 0 Å². The molecule has 0 aliphatic carbocycles. The minimum atomic E-state index is -0.828. The molecule has 2 amide bonds. The van der Waals surface area contributed by atoms with Crippen molar-refractivity contribution in [2.45, 2.75) is 44.6 Å². The van der Waals surface area contributed by atoms with Crippen LogP contribution in [0, 0.1) is 13.8 Å². The van der Waals surface area contributed by atoms with E-state index in [2.05, 4.69) is 55.1 Å². The van der Waals surface area contributed by atoms with E-state index >= 15 is 0 Å². The van der Waals surface area contributed by atoms with E-state index in [0.29, 0.717) is 12.1 Å². The highest BCUT2D eigenvalue weighted by Gasteiger charge is 2.58. The largest absolute Gasteiger partial charge is 0.364 e. The Morgan fingerprint density at radius 2 is 1.69 bits per heavy atom. The summed E-state index contributed by atoms with van der Waals surface area (Å²) in [5, 5.41) is 0. The summed E-state index contributed by atoms with van der Waals surface area (Å²) < 4.78 is 0. The molecule has 4 heteroatoms. The highest BCUT2D eigenvalue weighted by molar-refractivity contribution is 6.25. The zero-order valence-corrected chi connectivity index (χ0v) is 18.5. The second kappa shape index (κ2) is 6.80. The molecular formula is C28H26N2O2. The lowest BCUT2D eigenvalue weighted by atomic mass is 9.66. The zero-order chi connectivity index (χ0) is 22.0. The molecule has 0 bridgehead atoms. The molecule has 1 fully saturated rings. The fourth-order valence-electron chi connectivity index (χ4n) is 6.32. The maximum atomic E-state index is 14.2. The van der Waals surface area contributed by atoms with Gasteiger partial charge in [-0.3, -0.25) is 9.59 Å². The highest BCUT2D eigenvalue weighted by Crippen LogP contribution is 2.56. The standard InChI is InChI=1S/C28H26N2O2/c1-18-14-19(2)26-23(15-18)29-13-12-20-8-6-7-11-22(20)24(29)16-28(26)17-25(31)30(27(28)32)21-9-4-3-5-10-21/h3-11,14-15,24H,12-13,16-17H2,1-2H3. The smallest absolute Gasteiger partial charge is 0.245 e. The average molecular weight is 423 g/mol. The van der Waals surface area contributed by atoms with E-state index in [9.17, 15) is 9.59 Å². The molecule has 160 valence electrons. The molecule has 3 aromatic rings. The van der Waals surface area contributed by atoms with Crippen LogP contribution in [0.3, 0.4) is 0 Å². The number of carbonyl (C=O) groups excluding carboxylic acids is 2. The minimum absolute atomic E-state index is 0.0791. The van der Waals surface area contributed by atoms with E-state index in [4.69, 9.17) is 0 Å². The summed E-state index contributed by atoms with van der Waals surface area (Å²) in [6.45, 7) is 5.13. The molecule has 2 atom stereocenters. The van der Waals surface area contributed by atoms with E-state index < -0.39 is 5.41 Å². The summed E-state index contributed by atoms with van der Waals surface area (Å²) in [7, 11) is 0. The molecule has 1 spiro atoms. The number of rotatable bonds is 1. The number of para-hydroxylation sites is 1. The number of nitrogens with zero attached hydrogens (tertiary/aromatic N) is 2. The van der Waals surface area contributed by atoms with Gasteiger partial charge in [-0.15, -0.1) is 0 Å². The lowest BCUT2D eigenvalue weighted by Gasteiger charge is -2.49. The number of carbonyl (C=O) groups is 2. The van der Waals surface area contributed by atoms with Gasteiger partial charge in [-0.2, -0.15) is 0 Å². The van der Waals surface area contributed by atoms with Crippen LogP contribution in [0.15, 0.2) is 66.7 Å². The van der Waals surface area contributed by atoms with Crippen molar-refractivity contribution in [3.8, 4) is 0 Å². The van der Waals surface area contributed by atoms with Gasteiger partial charge in [0.15, 0.2) is 0 Å². The van der Waals surface area contributed by atoms with Crippen LogP contribution in [-0.2, 0) is 21.4 Å². The van der Waals surface area contributed by atoms with Gasteiger partial charge in [0.2, 0.25) is 11.8 Å². The molecule has 32 heavy (non-hydrogen) atoms. The Morgan fingerprint density at radius 1 is 0.938 bits per heavy atom. The van der Waals surface area contributed by atoms with Crippen molar-refractivity contribution >= 4 is 23.2 Å². The SMILES string of the molecule is Cc1cc(C)c2c(c1)N1CCc3ccccc3C1CC21CC(=O)N(c2ccccc2)C1=O. The number of amides is 2. The molecule has 4 nitrogen and oxygen atoms in total. The van der Waals surface area contributed by atoms with Crippen molar-refractivity contribution in [2.24, 2.45) is 0 Å². The molecule has 1 saturated heterocycles. The summed E-state index contributed by atoms with van der Waals surface area (Å²) >= 11 is 0. The first-order valence-corrected chi connectivity index (χ1v) is 11.4. The van der Waals surface area contributed by atoms with E-state index in [1.165, 1.54) is 21.6 Å². The van der Waals surface area contributed by atoms with Crippen LogP contribution < -0.4 is 9.80 Å². The van der Waals surface area contributed by atoms with Gasteiger partial charge in [-0.25, -0.2) is 4.90 Å². The third kappa shape index (κ3) is 2.56. The molecule has 3 heterocycles. The summed E-state index contributed by atoms with van der Waals surface area (Å²) in [5.41, 5.74) is 6.96. The first kappa shape index (κ1) is 19.3. The van der Waals surface area contributed by atoms with Crippen LogP contribution in [0.5, 0.6) is 0 Å². The molecule has 0 N–H and O–H groups in total. The first-order chi connectivity index (χ1) is 15.5. The second-order valence-electron chi connectivity index (χ2n) is 9.47. The number of hydrogen-bond acceptors (Lipinski definition) is 3. The number of imide groups is 1. The number of benzene rings is 3. The maximum absolute atomic E-state index is 14.2. The van der Waals surface area contributed by atoms with Gasteiger partial charge in [0.05, 0.1) is 17.1 Å².